The molecule has 0 N–H and O–H groups in total. The second-order valence-electron chi connectivity index (χ2n) is 15.4. The molecule has 0 heterocycles. The first kappa shape index (κ1) is 39.7. The van der Waals surface area contributed by atoms with E-state index in [1.165, 1.54) is 12.5 Å². The number of esters is 1. The fourth-order valence-electron chi connectivity index (χ4n) is 7.54. The van der Waals surface area contributed by atoms with Gasteiger partial charge in [-0.1, -0.05) is 108 Å². The number of carbonyl (C=O) groups excluding carboxylic acids is 3. The van der Waals surface area contributed by atoms with Gasteiger partial charge in [0.2, 0.25) is 0 Å². The SMILES string of the molecule is CC(=O)Oc1c(C(C)(C)/C=C(\C)CC(C)C)c(C)c(OC(=O)Oc2c(C)c(C(C)(C)/C=C(\C)N(C)C)c(OC=O)c3ccccc23)c2ccccc12. The van der Waals surface area contributed by atoms with Crippen LogP contribution in [0, 0.1) is 19.8 Å². The van der Waals surface area contributed by atoms with E-state index >= 15 is 0 Å². The molecule has 52 heavy (non-hydrogen) atoms. The van der Waals surface area contributed by atoms with Crippen molar-refractivity contribution in [2.75, 3.05) is 14.1 Å². The Morgan fingerprint density at radius 1 is 0.692 bits per heavy atom. The quantitative estimate of drug-likeness (QED) is 0.0472. The van der Waals surface area contributed by atoms with Crippen LogP contribution in [0.25, 0.3) is 21.5 Å². The van der Waals surface area contributed by atoms with Gasteiger partial charge < -0.3 is 23.8 Å². The van der Waals surface area contributed by atoms with Gasteiger partial charge in [0.1, 0.15) is 23.0 Å². The van der Waals surface area contributed by atoms with Gasteiger partial charge in [-0.15, -0.1) is 0 Å². The van der Waals surface area contributed by atoms with Gasteiger partial charge in [0.05, 0.1) is 0 Å². The third kappa shape index (κ3) is 8.33. The third-order valence-corrected chi connectivity index (χ3v) is 9.40. The molecule has 0 atom stereocenters. The van der Waals surface area contributed by atoms with Crippen LogP contribution in [0.15, 0.2) is 72.0 Å². The highest BCUT2D eigenvalue weighted by atomic mass is 16.7. The van der Waals surface area contributed by atoms with Crippen LogP contribution < -0.4 is 18.9 Å². The molecule has 0 aliphatic heterocycles. The van der Waals surface area contributed by atoms with E-state index in [9.17, 15) is 14.4 Å². The number of carbonyl (C=O) groups is 3. The molecular formula is C44H53NO7. The molecule has 0 aromatic heterocycles. The van der Waals surface area contributed by atoms with Gasteiger partial charge in [0.25, 0.3) is 6.47 Å². The van der Waals surface area contributed by atoms with Crippen molar-refractivity contribution >= 4 is 40.1 Å². The summed E-state index contributed by atoms with van der Waals surface area (Å²) in [6, 6.07) is 14.7. The minimum atomic E-state index is -0.940. The molecule has 0 radical (unpaired) electrons. The molecule has 0 bridgehead atoms. The van der Waals surface area contributed by atoms with E-state index in [0.717, 1.165) is 17.7 Å². The Balaban J connectivity index is 1.95. The topological polar surface area (TPSA) is 91.4 Å². The number of benzene rings is 4. The first-order valence-electron chi connectivity index (χ1n) is 17.7. The van der Waals surface area contributed by atoms with Crippen LogP contribution in [0.3, 0.4) is 0 Å². The summed E-state index contributed by atoms with van der Waals surface area (Å²) in [5, 5.41) is 2.43. The number of ether oxygens (including phenoxy) is 4. The molecule has 4 aromatic rings. The van der Waals surface area contributed by atoms with Crippen molar-refractivity contribution in [2.45, 2.75) is 93.4 Å². The number of hydrogen-bond acceptors (Lipinski definition) is 8. The first-order valence-corrected chi connectivity index (χ1v) is 17.7. The Labute approximate surface area is 308 Å². The Hall–Kier alpha value is -5.11. The lowest BCUT2D eigenvalue weighted by Gasteiger charge is -2.30. The van der Waals surface area contributed by atoms with Crippen molar-refractivity contribution in [3.05, 3.63) is 94.2 Å². The van der Waals surface area contributed by atoms with Crippen LogP contribution in [0.4, 0.5) is 4.79 Å². The lowest BCUT2D eigenvalue weighted by molar-refractivity contribution is -0.131. The molecule has 0 spiro atoms. The summed E-state index contributed by atoms with van der Waals surface area (Å²) in [6.45, 7) is 22.2. The van der Waals surface area contributed by atoms with Crippen LogP contribution in [0.5, 0.6) is 23.0 Å². The van der Waals surface area contributed by atoms with E-state index in [4.69, 9.17) is 18.9 Å². The number of nitrogens with zero attached hydrogens (tertiary/aromatic N) is 1. The molecule has 0 saturated carbocycles. The Kier molecular flexibility index (Phi) is 11.9. The Bertz CT molecular complexity index is 2080. The van der Waals surface area contributed by atoms with Crippen LogP contribution in [0.2, 0.25) is 0 Å². The number of hydrogen-bond donors (Lipinski definition) is 0. The summed E-state index contributed by atoms with van der Waals surface area (Å²) in [6.07, 6.45) is 4.24. The number of fused-ring (bicyclic) bond motifs is 2. The molecule has 0 amide bonds. The van der Waals surface area contributed by atoms with Gasteiger partial charge in [0, 0.05) is 81.3 Å². The van der Waals surface area contributed by atoms with Crippen LogP contribution >= 0.6 is 0 Å². The van der Waals surface area contributed by atoms with Gasteiger partial charge in [-0.2, -0.15) is 0 Å². The highest BCUT2D eigenvalue weighted by Crippen LogP contribution is 2.49. The second-order valence-corrected chi connectivity index (χ2v) is 15.4. The molecule has 8 nitrogen and oxygen atoms in total. The lowest BCUT2D eigenvalue weighted by atomic mass is 9.77. The molecule has 4 aromatic carbocycles. The molecule has 276 valence electrons. The van der Waals surface area contributed by atoms with E-state index in [2.05, 4.69) is 46.8 Å². The van der Waals surface area contributed by atoms with Crippen molar-refractivity contribution in [2.24, 2.45) is 5.92 Å². The zero-order valence-electron chi connectivity index (χ0n) is 32.9. The average Bonchev–Trinajstić information content (AvgIpc) is 3.03. The predicted octanol–water partition coefficient (Wildman–Crippen LogP) is 10.7. The van der Waals surface area contributed by atoms with Gasteiger partial charge in [-0.25, -0.2) is 4.79 Å². The Morgan fingerprint density at radius 2 is 1.12 bits per heavy atom. The lowest BCUT2D eigenvalue weighted by Crippen LogP contribution is -2.23. The largest absolute Gasteiger partial charge is 0.519 e. The van der Waals surface area contributed by atoms with Gasteiger partial charge >= 0.3 is 12.1 Å². The van der Waals surface area contributed by atoms with Crippen LogP contribution in [0.1, 0.15) is 91.0 Å². The van der Waals surface area contributed by atoms with Crippen molar-refractivity contribution in [3.63, 3.8) is 0 Å². The van der Waals surface area contributed by atoms with Crippen LogP contribution in [-0.4, -0.2) is 37.6 Å². The molecule has 0 saturated heterocycles. The predicted molar refractivity (Wildman–Crippen MR) is 209 cm³/mol. The minimum Gasteiger partial charge on any atom is -0.428 e. The summed E-state index contributed by atoms with van der Waals surface area (Å²) in [5.41, 5.74) is 3.64. The zero-order valence-corrected chi connectivity index (χ0v) is 32.9. The van der Waals surface area contributed by atoms with E-state index in [-0.39, 0.29) is 0 Å². The van der Waals surface area contributed by atoms with Gasteiger partial charge in [-0.05, 0) is 40.0 Å². The monoisotopic (exact) mass is 707 g/mol. The van der Waals surface area contributed by atoms with Crippen molar-refractivity contribution in [3.8, 4) is 23.0 Å². The first-order chi connectivity index (χ1) is 24.3. The van der Waals surface area contributed by atoms with E-state index in [1.54, 1.807) is 0 Å². The molecule has 0 unspecified atom stereocenters. The van der Waals surface area contributed by atoms with Crippen LogP contribution in [-0.2, 0) is 20.4 Å². The summed E-state index contributed by atoms with van der Waals surface area (Å²) < 4.78 is 24.0. The van der Waals surface area contributed by atoms with Gasteiger partial charge in [-0.3, -0.25) is 9.59 Å². The fraction of sp³-hybridized carbons (Fsp3) is 0.386. The van der Waals surface area contributed by atoms with E-state index < -0.39 is 23.0 Å². The van der Waals surface area contributed by atoms with Crippen molar-refractivity contribution in [1.29, 1.82) is 0 Å². The standard InChI is InChI=1S/C44H53NO7/c1-26(2)22-27(3)23-43(8,9)37-30(6)39(33-19-15-17-21-35(33)41(37)50-31(7)47)52-42(48)51-38-29(5)36(44(10,11)24-28(4)45(12)13)40(49-25-46)34-20-16-14-18-32(34)38/h14-21,23-26H,22H2,1-13H3/b27-23+,28-24+. The fourth-order valence-corrected chi connectivity index (χ4v) is 7.54. The second kappa shape index (κ2) is 15.6. The average molecular weight is 708 g/mol. The van der Waals surface area contributed by atoms with Gasteiger partial charge in [0.15, 0.2) is 0 Å². The minimum absolute atomic E-state index is 0.295. The summed E-state index contributed by atoms with van der Waals surface area (Å²) in [5.74, 6) is 1.44. The maximum atomic E-state index is 14.1. The van der Waals surface area contributed by atoms with Crippen molar-refractivity contribution in [1.82, 2.24) is 4.90 Å². The highest BCUT2D eigenvalue weighted by Gasteiger charge is 2.33. The molecule has 4 rings (SSSR count). The summed E-state index contributed by atoms with van der Waals surface area (Å²) in [7, 11) is 3.92. The molecule has 0 aliphatic rings. The maximum Gasteiger partial charge on any atom is 0.519 e. The van der Waals surface area contributed by atoms with E-state index in [1.807, 2.05) is 102 Å². The summed E-state index contributed by atoms with van der Waals surface area (Å²) in [4.78, 5) is 40.4. The van der Waals surface area contributed by atoms with E-state index in [0.29, 0.717) is 73.6 Å². The zero-order chi connectivity index (χ0) is 38.7. The molecule has 0 fully saturated rings. The molecule has 0 aliphatic carbocycles. The van der Waals surface area contributed by atoms with Crippen molar-refractivity contribution < 1.29 is 33.3 Å². The smallest absolute Gasteiger partial charge is 0.428 e. The number of rotatable bonds is 12. The normalized spacial score (nSPS) is 12.7. The third-order valence-electron chi connectivity index (χ3n) is 9.40. The maximum absolute atomic E-state index is 14.1. The Morgan fingerprint density at radius 3 is 1.54 bits per heavy atom. The molecule has 8 heteroatoms. The number of allylic oxidation sites excluding steroid dienone is 4. The summed E-state index contributed by atoms with van der Waals surface area (Å²) >= 11 is 0. The molecular weight excluding hydrogens is 654 g/mol. The highest BCUT2D eigenvalue weighted by molar-refractivity contribution is 6.00.